The summed E-state index contributed by atoms with van der Waals surface area (Å²) in [6.45, 7) is 1.22. The number of rotatable bonds is 5. The summed E-state index contributed by atoms with van der Waals surface area (Å²) in [5.74, 6) is -0.993. The summed E-state index contributed by atoms with van der Waals surface area (Å²) in [5, 5.41) is 9.88. The zero-order valence-electron chi connectivity index (χ0n) is 13.2. The maximum Gasteiger partial charge on any atom is 0.329 e. The number of aliphatic carboxylic acids is 1. The topological polar surface area (TPSA) is 66.8 Å². The number of carbonyl (C=O) groups excluding carboxylic acids is 1. The maximum absolute atomic E-state index is 12.7. The highest BCUT2D eigenvalue weighted by Gasteiger charge is 2.50. The van der Waals surface area contributed by atoms with Crippen LogP contribution in [0.1, 0.15) is 37.7 Å². The molecule has 2 atom stereocenters. The molecular weight excluding hydrogens is 294 g/mol. The molecule has 0 unspecified atom stereocenters. The van der Waals surface area contributed by atoms with Crippen molar-refractivity contribution in [1.82, 2.24) is 4.90 Å². The quantitative estimate of drug-likeness (QED) is 0.904. The number of amides is 1. The molecule has 0 bridgehead atoms. The zero-order chi connectivity index (χ0) is 16.3. The lowest BCUT2D eigenvalue weighted by atomic mass is 9.87. The van der Waals surface area contributed by atoms with Crippen LogP contribution in [0, 0.1) is 0 Å². The van der Waals surface area contributed by atoms with Gasteiger partial charge in [0.1, 0.15) is 5.54 Å². The zero-order valence-corrected chi connectivity index (χ0v) is 13.2. The highest BCUT2D eigenvalue weighted by atomic mass is 16.5. The van der Waals surface area contributed by atoms with E-state index in [4.69, 9.17) is 4.74 Å². The molecule has 2 fully saturated rings. The van der Waals surface area contributed by atoms with Crippen LogP contribution in [-0.2, 0) is 20.7 Å². The van der Waals surface area contributed by atoms with Crippen LogP contribution in [0.2, 0.25) is 0 Å². The lowest BCUT2D eigenvalue weighted by Gasteiger charge is -2.35. The molecule has 2 heterocycles. The van der Waals surface area contributed by atoms with Crippen molar-refractivity contribution in [2.45, 2.75) is 50.2 Å². The van der Waals surface area contributed by atoms with Crippen molar-refractivity contribution < 1.29 is 19.4 Å². The number of carboxylic acids is 1. The van der Waals surface area contributed by atoms with Crippen molar-refractivity contribution in [2.75, 3.05) is 13.2 Å². The van der Waals surface area contributed by atoms with E-state index >= 15 is 0 Å². The van der Waals surface area contributed by atoms with Crippen LogP contribution < -0.4 is 0 Å². The minimum absolute atomic E-state index is 0.0497. The Morgan fingerprint density at radius 2 is 2.04 bits per heavy atom. The molecule has 5 heteroatoms. The third kappa shape index (κ3) is 3.24. The highest BCUT2D eigenvalue weighted by molar-refractivity contribution is 5.88. The Morgan fingerprint density at radius 1 is 1.26 bits per heavy atom. The minimum Gasteiger partial charge on any atom is -0.479 e. The van der Waals surface area contributed by atoms with Gasteiger partial charge in [-0.15, -0.1) is 0 Å². The van der Waals surface area contributed by atoms with E-state index in [2.05, 4.69) is 0 Å². The maximum atomic E-state index is 12.7. The van der Waals surface area contributed by atoms with Crippen molar-refractivity contribution in [1.29, 1.82) is 0 Å². The first-order chi connectivity index (χ1) is 11.1. The van der Waals surface area contributed by atoms with Gasteiger partial charge in [0.25, 0.3) is 0 Å². The molecule has 1 N–H and O–H groups in total. The van der Waals surface area contributed by atoms with Gasteiger partial charge in [-0.05, 0) is 31.2 Å². The van der Waals surface area contributed by atoms with Gasteiger partial charge in [-0.1, -0.05) is 30.3 Å². The normalized spacial score (nSPS) is 27.3. The van der Waals surface area contributed by atoms with Crippen molar-refractivity contribution in [2.24, 2.45) is 0 Å². The first-order valence-electron chi connectivity index (χ1n) is 8.31. The predicted molar refractivity (Wildman–Crippen MR) is 85.1 cm³/mol. The molecule has 1 aromatic rings. The number of likely N-dealkylation sites (tertiary alicyclic amines) is 1. The molecule has 23 heavy (non-hydrogen) atoms. The molecule has 5 nitrogen and oxygen atoms in total. The van der Waals surface area contributed by atoms with Gasteiger partial charge in [0.05, 0.1) is 12.5 Å². The first-order valence-corrected chi connectivity index (χ1v) is 8.31. The Labute approximate surface area is 136 Å². The van der Waals surface area contributed by atoms with Crippen LogP contribution >= 0.6 is 0 Å². The summed E-state index contributed by atoms with van der Waals surface area (Å²) in [6, 6.07) is 9.56. The van der Waals surface area contributed by atoms with Crippen molar-refractivity contribution >= 4 is 11.9 Å². The van der Waals surface area contributed by atoms with Crippen molar-refractivity contribution in [3.8, 4) is 0 Å². The smallest absolute Gasteiger partial charge is 0.329 e. The summed E-state index contributed by atoms with van der Waals surface area (Å²) in [4.78, 5) is 26.3. The van der Waals surface area contributed by atoms with Gasteiger partial charge in [-0.3, -0.25) is 4.79 Å². The number of nitrogens with zero attached hydrogens (tertiary/aromatic N) is 1. The van der Waals surface area contributed by atoms with E-state index in [1.807, 2.05) is 30.3 Å². The van der Waals surface area contributed by atoms with Gasteiger partial charge in [0.2, 0.25) is 5.91 Å². The fourth-order valence-corrected chi connectivity index (χ4v) is 3.77. The second kappa shape index (κ2) is 6.71. The minimum atomic E-state index is -1.11. The van der Waals surface area contributed by atoms with E-state index in [1.54, 1.807) is 4.90 Å². The monoisotopic (exact) mass is 317 g/mol. The second-order valence-corrected chi connectivity index (χ2v) is 6.49. The van der Waals surface area contributed by atoms with E-state index in [1.165, 1.54) is 0 Å². The molecule has 0 saturated carbocycles. The molecule has 2 saturated heterocycles. The van der Waals surface area contributed by atoms with E-state index in [0.29, 0.717) is 32.4 Å². The van der Waals surface area contributed by atoms with E-state index < -0.39 is 11.5 Å². The predicted octanol–water partition coefficient (Wildman–Crippen LogP) is 2.24. The molecule has 0 radical (unpaired) electrons. The molecule has 0 aliphatic carbocycles. The van der Waals surface area contributed by atoms with Gasteiger partial charge in [0.15, 0.2) is 0 Å². The second-order valence-electron chi connectivity index (χ2n) is 6.49. The summed E-state index contributed by atoms with van der Waals surface area (Å²) < 4.78 is 5.54. The van der Waals surface area contributed by atoms with E-state index in [0.717, 1.165) is 24.8 Å². The van der Waals surface area contributed by atoms with Crippen LogP contribution in [0.3, 0.4) is 0 Å². The van der Waals surface area contributed by atoms with Gasteiger partial charge in [0, 0.05) is 19.6 Å². The van der Waals surface area contributed by atoms with E-state index in [9.17, 15) is 14.7 Å². The summed E-state index contributed by atoms with van der Waals surface area (Å²) >= 11 is 0. The van der Waals surface area contributed by atoms with Crippen molar-refractivity contribution in [3.63, 3.8) is 0 Å². The molecule has 1 amide bonds. The fourth-order valence-electron chi connectivity index (χ4n) is 3.77. The van der Waals surface area contributed by atoms with Crippen LogP contribution in [0.15, 0.2) is 30.3 Å². The molecule has 0 aromatic heterocycles. The van der Waals surface area contributed by atoms with Gasteiger partial charge >= 0.3 is 5.97 Å². The number of benzene rings is 1. The van der Waals surface area contributed by atoms with Gasteiger partial charge in [-0.25, -0.2) is 4.79 Å². The van der Waals surface area contributed by atoms with Gasteiger partial charge < -0.3 is 14.7 Å². The Balaban J connectivity index is 1.79. The summed E-state index contributed by atoms with van der Waals surface area (Å²) in [7, 11) is 0. The molecule has 124 valence electrons. The van der Waals surface area contributed by atoms with E-state index in [-0.39, 0.29) is 12.0 Å². The molecule has 3 rings (SSSR count). The number of carboxylic acid groups (broad SMARTS) is 1. The number of carbonyl (C=O) groups is 2. The SMILES string of the molecule is O=C(C[C@H]1CCCO1)N1CCC[C@]1(Cc1ccccc1)C(=O)O. The number of ether oxygens (including phenoxy) is 1. The standard InChI is InChI=1S/C18H23NO4/c20-16(12-15-8-4-11-23-15)19-10-5-9-18(19,17(21)22)13-14-6-2-1-3-7-14/h1-3,6-7,15H,4-5,8-13H2,(H,21,22)/t15-,18+/m1/s1. The Hall–Kier alpha value is -1.88. The van der Waals surface area contributed by atoms with Crippen LogP contribution in [-0.4, -0.2) is 46.7 Å². The highest BCUT2D eigenvalue weighted by Crippen LogP contribution is 2.34. The Bertz CT molecular complexity index is 568. The largest absolute Gasteiger partial charge is 0.479 e. The number of hydrogen-bond acceptors (Lipinski definition) is 3. The molecular formula is C18H23NO4. The van der Waals surface area contributed by atoms with Gasteiger partial charge in [-0.2, -0.15) is 0 Å². The average Bonchev–Trinajstić information content (AvgIpc) is 3.18. The van der Waals surface area contributed by atoms with Crippen LogP contribution in [0.5, 0.6) is 0 Å². The Kier molecular flexibility index (Phi) is 4.66. The van der Waals surface area contributed by atoms with Crippen LogP contribution in [0.4, 0.5) is 0 Å². The average molecular weight is 317 g/mol. The van der Waals surface area contributed by atoms with Crippen molar-refractivity contribution in [3.05, 3.63) is 35.9 Å². The summed E-state index contributed by atoms with van der Waals surface area (Å²) in [5.41, 5.74) is -0.163. The molecule has 1 aromatic carbocycles. The fraction of sp³-hybridized carbons (Fsp3) is 0.556. The third-order valence-corrected chi connectivity index (χ3v) is 4.95. The molecule has 2 aliphatic rings. The molecule has 2 aliphatic heterocycles. The lowest BCUT2D eigenvalue weighted by molar-refractivity contribution is -0.157. The molecule has 0 spiro atoms. The third-order valence-electron chi connectivity index (χ3n) is 4.95. The number of hydrogen-bond donors (Lipinski definition) is 1. The Morgan fingerprint density at radius 3 is 2.70 bits per heavy atom. The lowest BCUT2D eigenvalue weighted by Crippen LogP contribution is -2.55. The first kappa shape index (κ1) is 16.0. The summed E-state index contributed by atoms with van der Waals surface area (Å²) in [6.07, 6.45) is 3.71. The van der Waals surface area contributed by atoms with Crippen LogP contribution in [0.25, 0.3) is 0 Å².